The second-order valence-corrected chi connectivity index (χ2v) is 5.71. The molecular formula is C21H18N2O2. The highest BCUT2D eigenvalue weighted by Crippen LogP contribution is 2.41. The fourth-order valence-electron chi connectivity index (χ4n) is 3.13. The number of nitrogens with zero attached hydrogens (tertiary/aromatic N) is 2. The lowest BCUT2D eigenvalue weighted by atomic mass is 9.83. The number of ether oxygens (including phenoxy) is 2. The maximum Gasteiger partial charge on any atom is 0.200 e. The van der Waals surface area contributed by atoms with E-state index in [0.717, 1.165) is 11.1 Å². The van der Waals surface area contributed by atoms with Crippen LogP contribution in [0.5, 0.6) is 0 Å². The van der Waals surface area contributed by atoms with Gasteiger partial charge in [-0.25, -0.2) is 0 Å². The van der Waals surface area contributed by atoms with Crippen LogP contribution in [0.15, 0.2) is 60.2 Å². The third kappa shape index (κ3) is 3.40. The Bertz CT molecular complexity index is 859. The van der Waals surface area contributed by atoms with Crippen molar-refractivity contribution in [1.29, 1.82) is 10.5 Å². The van der Waals surface area contributed by atoms with Gasteiger partial charge in [0.25, 0.3) is 0 Å². The summed E-state index contributed by atoms with van der Waals surface area (Å²) in [6, 6.07) is 21.5. The largest absolute Gasteiger partial charge is 0.463 e. The molecule has 25 heavy (non-hydrogen) atoms. The summed E-state index contributed by atoms with van der Waals surface area (Å²) < 4.78 is 11.7. The number of benzene rings is 2. The topological polar surface area (TPSA) is 66.0 Å². The Balaban J connectivity index is 2.15. The highest BCUT2D eigenvalue weighted by atomic mass is 16.7. The Morgan fingerprint density at radius 3 is 2.44 bits per heavy atom. The number of rotatable bonds is 4. The summed E-state index contributed by atoms with van der Waals surface area (Å²) in [5.41, 5.74) is 2.78. The second-order valence-electron chi connectivity index (χ2n) is 5.71. The van der Waals surface area contributed by atoms with Gasteiger partial charge in [-0.1, -0.05) is 48.5 Å². The van der Waals surface area contributed by atoms with Crippen LogP contribution in [0.25, 0.3) is 5.76 Å². The van der Waals surface area contributed by atoms with Gasteiger partial charge in [0.05, 0.1) is 23.3 Å². The SMILES string of the molecule is CCOC1CC(c2ccccc2C#N)C(C#N)=C(c2ccccc2)O1. The maximum absolute atomic E-state index is 9.82. The van der Waals surface area contributed by atoms with E-state index in [1.54, 1.807) is 6.07 Å². The highest BCUT2D eigenvalue weighted by Gasteiger charge is 2.34. The number of hydrogen-bond donors (Lipinski definition) is 0. The third-order valence-electron chi connectivity index (χ3n) is 4.24. The van der Waals surface area contributed by atoms with Crippen molar-refractivity contribution in [2.24, 2.45) is 0 Å². The van der Waals surface area contributed by atoms with E-state index in [4.69, 9.17) is 9.47 Å². The van der Waals surface area contributed by atoms with Crippen molar-refractivity contribution in [3.63, 3.8) is 0 Å². The third-order valence-corrected chi connectivity index (χ3v) is 4.24. The summed E-state index contributed by atoms with van der Waals surface area (Å²) in [6.45, 7) is 2.43. The molecule has 0 fully saturated rings. The fraction of sp³-hybridized carbons (Fsp3) is 0.238. The van der Waals surface area contributed by atoms with E-state index in [0.29, 0.717) is 29.9 Å². The molecule has 0 spiro atoms. The van der Waals surface area contributed by atoms with Crippen LogP contribution in [-0.2, 0) is 9.47 Å². The first kappa shape index (κ1) is 16.8. The Morgan fingerprint density at radius 1 is 1.04 bits per heavy atom. The molecule has 4 heteroatoms. The molecule has 4 nitrogen and oxygen atoms in total. The second kappa shape index (κ2) is 7.66. The van der Waals surface area contributed by atoms with Gasteiger partial charge in [0.15, 0.2) is 0 Å². The molecule has 0 saturated carbocycles. The van der Waals surface area contributed by atoms with Gasteiger partial charge >= 0.3 is 0 Å². The highest BCUT2D eigenvalue weighted by molar-refractivity contribution is 5.70. The van der Waals surface area contributed by atoms with Crippen LogP contribution in [-0.4, -0.2) is 12.9 Å². The average Bonchev–Trinajstić information content (AvgIpc) is 2.68. The molecule has 2 atom stereocenters. The van der Waals surface area contributed by atoms with Crippen LogP contribution in [0.1, 0.15) is 36.0 Å². The van der Waals surface area contributed by atoms with Crippen molar-refractivity contribution >= 4 is 5.76 Å². The van der Waals surface area contributed by atoms with Crippen molar-refractivity contribution in [2.45, 2.75) is 25.6 Å². The molecule has 1 aliphatic heterocycles. The first-order valence-electron chi connectivity index (χ1n) is 8.25. The molecule has 0 radical (unpaired) electrons. The van der Waals surface area contributed by atoms with Gasteiger partial charge in [-0.2, -0.15) is 10.5 Å². The van der Waals surface area contributed by atoms with Crippen molar-refractivity contribution in [1.82, 2.24) is 0 Å². The number of nitriles is 2. The van der Waals surface area contributed by atoms with Crippen LogP contribution in [0.3, 0.4) is 0 Å². The van der Waals surface area contributed by atoms with Gasteiger partial charge in [-0.05, 0) is 18.6 Å². The zero-order chi connectivity index (χ0) is 17.6. The quantitative estimate of drug-likeness (QED) is 0.835. The minimum absolute atomic E-state index is 0.235. The average molecular weight is 330 g/mol. The van der Waals surface area contributed by atoms with Gasteiger partial charge in [0.1, 0.15) is 5.76 Å². The predicted molar refractivity (Wildman–Crippen MR) is 94.0 cm³/mol. The summed E-state index contributed by atoms with van der Waals surface area (Å²) >= 11 is 0. The zero-order valence-electron chi connectivity index (χ0n) is 14.0. The van der Waals surface area contributed by atoms with E-state index in [2.05, 4.69) is 12.1 Å². The lowest BCUT2D eigenvalue weighted by Crippen LogP contribution is -2.27. The molecule has 0 amide bonds. The molecule has 0 saturated heterocycles. The predicted octanol–water partition coefficient (Wildman–Crippen LogP) is 4.36. The van der Waals surface area contributed by atoms with Gasteiger partial charge in [-0.15, -0.1) is 0 Å². The Kier molecular flexibility index (Phi) is 5.14. The van der Waals surface area contributed by atoms with E-state index < -0.39 is 6.29 Å². The van der Waals surface area contributed by atoms with Gasteiger partial charge in [0.2, 0.25) is 6.29 Å². The van der Waals surface area contributed by atoms with Crippen LogP contribution in [0.4, 0.5) is 0 Å². The monoisotopic (exact) mass is 330 g/mol. The fourth-order valence-corrected chi connectivity index (χ4v) is 3.13. The zero-order valence-corrected chi connectivity index (χ0v) is 14.0. The number of allylic oxidation sites excluding steroid dienone is 1. The van der Waals surface area contributed by atoms with Crippen molar-refractivity contribution < 1.29 is 9.47 Å². The van der Waals surface area contributed by atoms with Crippen LogP contribution in [0, 0.1) is 22.7 Å². The van der Waals surface area contributed by atoms with Crippen molar-refractivity contribution in [3.8, 4) is 12.1 Å². The van der Waals surface area contributed by atoms with Gasteiger partial charge in [-0.3, -0.25) is 0 Å². The molecule has 0 N–H and O–H groups in total. The van der Waals surface area contributed by atoms with E-state index in [-0.39, 0.29) is 5.92 Å². The van der Waals surface area contributed by atoms with Gasteiger partial charge in [0, 0.05) is 24.5 Å². The Labute approximate surface area is 147 Å². The summed E-state index contributed by atoms with van der Waals surface area (Å²) in [5, 5.41) is 19.3. The van der Waals surface area contributed by atoms with Crippen molar-refractivity contribution in [3.05, 3.63) is 76.9 Å². The van der Waals surface area contributed by atoms with E-state index in [1.807, 2.05) is 55.5 Å². The summed E-state index contributed by atoms with van der Waals surface area (Å²) in [4.78, 5) is 0. The maximum atomic E-state index is 9.82. The first-order valence-corrected chi connectivity index (χ1v) is 8.25. The van der Waals surface area contributed by atoms with Crippen LogP contribution < -0.4 is 0 Å². The van der Waals surface area contributed by atoms with E-state index in [1.165, 1.54) is 0 Å². The lowest BCUT2D eigenvalue weighted by molar-refractivity contribution is -0.104. The molecule has 2 aromatic carbocycles. The first-order chi connectivity index (χ1) is 12.3. The lowest BCUT2D eigenvalue weighted by Gasteiger charge is -2.32. The van der Waals surface area contributed by atoms with Crippen LogP contribution in [0.2, 0.25) is 0 Å². The molecule has 124 valence electrons. The molecule has 3 rings (SSSR count). The summed E-state index contributed by atoms with van der Waals surface area (Å²) in [6.07, 6.45) is 0.0558. The minimum Gasteiger partial charge on any atom is -0.463 e. The van der Waals surface area contributed by atoms with Crippen molar-refractivity contribution in [2.75, 3.05) is 6.61 Å². The summed E-state index contributed by atoms with van der Waals surface area (Å²) in [5.74, 6) is 0.298. The Morgan fingerprint density at radius 2 is 1.76 bits per heavy atom. The van der Waals surface area contributed by atoms with Crippen LogP contribution >= 0.6 is 0 Å². The normalized spacial score (nSPS) is 19.6. The molecular weight excluding hydrogens is 312 g/mol. The van der Waals surface area contributed by atoms with E-state index in [9.17, 15) is 10.5 Å². The molecule has 0 aliphatic carbocycles. The smallest absolute Gasteiger partial charge is 0.200 e. The standard InChI is InChI=1S/C21H18N2O2/c1-2-24-20-12-18(17-11-7-6-10-16(17)13-22)19(14-23)21(25-20)15-8-4-3-5-9-15/h3-11,18,20H,2,12H2,1H3. The minimum atomic E-state index is -0.450. The molecule has 2 unspecified atom stereocenters. The number of hydrogen-bond acceptors (Lipinski definition) is 4. The molecule has 1 aliphatic rings. The molecule has 1 heterocycles. The van der Waals surface area contributed by atoms with E-state index >= 15 is 0 Å². The Hall–Kier alpha value is -3.08. The summed E-state index contributed by atoms with van der Waals surface area (Å²) in [7, 11) is 0. The molecule has 0 aromatic heterocycles. The molecule has 0 bridgehead atoms. The van der Waals surface area contributed by atoms with Gasteiger partial charge < -0.3 is 9.47 Å². The molecule has 2 aromatic rings.